The first-order valence-electron chi connectivity index (χ1n) is 8.21. The summed E-state index contributed by atoms with van der Waals surface area (Å²) in [6.45, 7) is 1.78. The molecule has 0 aliphatic carbocycles. The van der Waals surface area contributed by atoms with Crippen molar-refractivity contribution in [2.75, 3.05) is 0 Å². The van der Waals surface area contributed by atoms with Crippen molar-refractivity contribution in [1.82, 2.24) is 14.5 Å². The maximum absolute atomic E-state index is 12.5. The van der Waals surface area contributed by atoms with Gasteiger partial charge in [0.15, 0.2) is 6.29 Å². The van der Waals surface area contributed by atoms with Gasteiger partial charge in [0.25, 0.3) is 10.0 Å². The van der Waals surface area contributed by atoms with Crippen LogP contribution in [0, 0.1) is 6.92 Å². The van der Waals surface area contributed by atoms with Gasteiger partial charge in [-0.05, 0) is 43.3 Å². The number of aldehydes is 1. The highest BCUT2D eigenvalue weighted by molar-refractivity contribution is 7.90. The monoisotopic (exact) mass is 417 g/mol. The highest BCUT2D eigenvalue weighted by Gasteiger charge is 2.20. The van der Waals surface area contributed by atoms with Gasteiger partial charge >= 0.3 is 0 Å². The fourth-order valence-electron chi connectivity index (χ4n) is 2.66. The number of nitrogens with one attached hydrogen (secondary N) is 1. The molecule has 28 heavy (non-hydrogen) atoms. The third-order valence-electron chi connectivity index (χ3n) is 3.90. The average Bonchev–Trinajstić information content (AvgIpc) is 3.02. The van der Waals surface area contributed by atoms with E-state index in [1.54, 1.807) is 17.7 Å². The van der Waals surface area contributed by atoms with Gasteiger partial charge in [-0.2, -0.15) is 5.10 Å². The molecule has 0 aliphatic heterocycles. The molecule has 0 atom stereocenters. The van der Waals surface area contributed by atoms with Crippen LogP contribution in [0.3, 0.4) is 0 Å². The molecule has 0 bridgehead atoms. The lowest BCUT2D eigenvalue weighted by molar-refractivity contribution is -0.118. The minimum atomic E-state index is -4.15. The van der Waals surface area contributed by atoms with Crippen LogP contribution in [0.5, 0.6) is 0 Å². The molecule has 0 unspecified atom stereocenters. The summed E-state index contributed by atoms with van der Waals surface area (Å²) in [7, 11) is -4.15. The van der Waals surface area contributed by atoms with Gasteiger partial charge in [0.05, 0.1) is 33.4 Å². The summed E-state index contributed by atoms with van der Waals surface area (Å²) in [5.74, 6) is -0.723. The number of nitrogens with zero attached hydrogens (tertiary/aromatic N) is 2. The summed E-state index contributed by atoms with van der Waals surface area (Å²) in [5, 5.41) is 4.48. The minimum Gasteiger partial charge on any atom is -0.298 e. The zero-order chi connectivity index (χ0) is 20.3. The van der Waals surface area contributed by atoms with Crippen molar-refractivity contribution in [2.45, 2.75) is 18.2 Å². The molecule has 1 amide bonds. The van der Waals surface area contributed by atoms with Crippen LogP contribution in [0.1, 0.15) is 21.7 Å². The molecule has 1 aromatic heterocycles. The van der Waals surface area contributed by atoms with E-state index in [2.05, 4.69) is 5.10 Å². The van der Waals surface area contributed by atoms with Crippen molar-refractivity contribution in [3.63, 3.8) is 0 Å². The zero-order valence-electron chi connectivity index (χ0n) is 14.8. The maximum Gasteiger partial charge on any atom is 0.264 e. The van der Waals surface area contributed by atoms with Gasteiger partial charge in [-0.1, -0.05) is 29.8 Å². The molecule has 1 N–H and O–H groups in total. The summed E-state index contributed by atoms with van der Waals surface area (Å²) in [6.07, 6.45) is 0.257. The van der Waals surface area contributed by atoms with Crippen molar-refractivity contribution < 1.29 is 18.0 Å². The smallest absolute Gasteiger partial charge is 0.264 e. The topological polar surface area (TPSA) is 98.1 Å². The number of carbonyl (C=O) groups excluding carboxylic acids is 2. The highest BCUT2D eigenvalue weighted by atomic mass is 35.5. The van der Waals surface area contributed by atoms with E-state index in [0.717, 1.165) is 11.8 Å². The number of hydrogen-bond donors (Lipinski definition) is 1. The van der Waals surface area contributed by atoms with Crippen LogP contribution in [0.15, 0.2) is 59.5 Å². The molecule has 7 nitrogen and oxygen atoms in total. The second kappa shape index (κ2) is 7.95. The number of halogens is 1. The van der Waals surface area contributed by atoms with E-state index in [4.69, 9.17) is 11.6 Å². The normalized spacial score (nSPS) is 11.2. The molecular weight excluding hydrogens is 402 g/mol. The number of hydrogen-bond acceptors (Lipinski definition) is 5. The second-order valence-electron chi connectivity index (χ2n) is 6.03. The second-order valence-corrected chi connectivity index (χ2v) is 8.12. The summed E-state index contributed by atoms with van der Waals surface area (Å²) in [6, 6.07) is 14.5. The van der Waals surface area contributed by atoms with Crippen LogP contribution in [0.2, 0.25) is 5.02 Å². The average molecular weight is 418 g/mol. The van der Waals surface area contributed by atoms with E-state index in [0.29, 0.717) is 17.7 Å². The van der Waals surface area contributed by atoms with Gasteiger partial charge < -0.3 is 0 Å². The quantitative estimate of drug-likeness (QED) is 0.622. The Morgan fingerprint density at radius 2 is 1.89 bits per heavy atom. The largest absolute Gasteiger partial charge is 0.298 e. The van der Waals surface area contributed by atoms with Crippen molar-refractivity contribution in [2.24, 2.45) is 0 Å². The number of amides is 1. The van der Waals surface area contributed by atoms with Crippen LogP contribution < -0.4 is 4.72 Å². The number of rotatable bonds is 6. The van der Waals surface area contributed by atoms with Crippen molar-refractivity contribution in [3.8, 4) is 5.69 Å². The summed E-state index contributed by atoms with van der Waals surface area (Å²) >= 11 is 5.81. The number of para-hydroxylation sites is 1. The van der Waals surface area contributed by atoms with E-state index >= 15 is 0 Å². The lowest BCUT2D eigenvalue weighted by Gasteiger charge is -2.09. The third kappa shape index (κ3) is 4.29. The Hall–Kier alpha value is -2.97. The van der Waals surface area contributed by atoms with Gasteiger partial charge in [-0.15, -0.1) is 0 Å². The molecule has 0 spiro atoms. The van der Waals surface area contributed by atoms with Crippen molar-refractivity contribution in [1.29, 1.82) is 0 Å². The Kier molecular flexibility index (Phi) is 5.62. The Morgan fingerprint density at radius 1 is 1.18 bits per heavy atom. The minimum absolute atomic E-state index is 0.0229. The molecule has 0 saturated carbocycles. The third-order valence-corrected chi connectivity index (χ3v) is 5.62. The van der Waals surface area contributed by atoms with Crippen LogP contribution >= 0.6 is 11.6 Å². The van der Waals surface area contributed by atoms with Gasteiger partial charge in [0.1, 0.15) is 0 Å². The maximum atomic E-state index is 12.5. The number of carbonyl (C=O) groups is 2. The van der Waals surface area contributed by atoms with Crippen molar-refractivity contribution in [3.05, 3.63) is 76.6 Å². The number of sulfonamides is 1. The van der Waals surface area contributed by atoms with Gasteiger partial charge in [0, 0.05) is 5.56 Å². The number of aromatic nitrogens is 2. The lowest BCUT2D eigenvalue weighted by atomic mass is 10.2. The molecule has 2 aromatic carbocycles. The molecule has 0 saturated heterocycles. The highest BCUT2D eigenvalue weighted by Crippen LogP contribution is 2.19. The fourth-order valence-corrected chi connectivity index (χ4v) is 3.84. The van der Waals surface area contributed by atoms with E-state index in [1.807, 2.05) is 35.1 Å². The zero-order valence-corrected chi connectivity index (χ0v) is 16.4. The van der Waals surface area contributed by atoms with Gasteiger partial charge in [-0.25, -0.2) is 17.8 Å². The van der Waals surface area contributed by atoms with E-state index in [9.17, 15) is 18.0 Å². The predicted molar refractivity (Wildman–Crippen MR) is 104 cm³/mol. The Morgan fingerprint density at radius 3 is 2.57 bits per heavy atom. The fraction of sp³-hybridized carbons (Fsp3) is 0.105. The first-order chi connectivity index (χ1) is 13.3. The SMILES string of the molecule is Cc1cc(CC(=O)NS(=O)(=O)c2ccc(Cl)c(C=O)c2)n(-c2ccccc2)n1. The van der Waals surface area contributed by atoms with Crippen LogP contribution in [0.25, 0.3) is 5.69 Å². The van der Waals surface area contributed by atoms with E-state index in [-0.39, 0.29) is 21.9 Å². The number of aryl methyl sites for hydroxylation is 1. The molecule has 0 fully saturated rings. The first kappa shape index (κ1) is 19.8. The lowest BCUT2D eigenvalue weighted by Crippen LogP contribution is -2.32. The van der Waals surface area contributed by atoms with Crippen LogP contribution in [0.4, 0.5) is 0 Å². The van der Waals surface area contributed by atoms with Gasteiger partial charge in [-0.3, -0.25) is 9.59 Å². The summed E-state index contributed by atoms with van der Waals surface area (Å²) in [5.41, 5.74) is 2.02. The number of benzene rings is 2. The summed E-state index contributed by atoms with van der Waals surface area (Å²) < 4.78 is 28.5. The Balaban J connectivity index is 1.82. The van der Waals surface area contributed by atoms with E-state index in [1.165, 1.54) is 12.1 Å². The predicted octanol–water partition coefficient (Wildman–Crippen LogP) is 2.69. The molecule has 9 heteroatoms. The molecule has 144 valence electrons. The van der Waals surface area contributed by atoms with Crippen LogP contribution in [-0.2, 0) is 21.2 Å². The standard InChI is InChI=1S/C19H16ClN3O4S/c1-13-9-16(23(21-13)15-5-3-2-4-6-15)11-19(25)22-28(26,27)17-7-8-18(20)14(10-17)12-24/h2-10,12H,11H2,1H3,(H,22,25). The molecular formula is C19H16ClN3O4S. The Bertz CT molecular complexity index is 1140. The van der Waals surface area contributed by atoms with Gasteiger partial charge in [0.2, 0.25) is 5.91 Å². The molecule has 3 rings (SSSR count). The summed E-state index contributed by atoms with van der Waals surface area (Å²) in [4.78, 5) is 23.1. The molecule has 1 heterocycles. The van der Waals surface area contributed by atoms with Crippen molar-refractivity contribution >= 4 is 33.8 Å². The molecule has 0 radical (unpaired) electrons. The Labute approximate surface area is 167 Å². The van der Waals surface area contributed by atoms with Crippen LogP contribution in [-0.4, -0.2) is 30.4 Å². The first-order valence-corrected chi connectivity index (χ1v) is 10.1. The molecule has 3 aromatic rings. The van der Waals surface area contributed by atoms with E-state index < -0.39 is 15.9 Å². The molecule has 0 aliphatic rings.